The number of rotatable bonds is 0. The Kier molecular flexibility index (Phi) is 2.55. The smallest absolute Gasteiger partial charge is 0.170 e. The molecule has 0 fully saturated rings. The van der Waals surface area contributed by atoms with Gasteiger partial charge in [0.25, 0.3) is 0 Å². The second-order valence-electron chi connectivity index (χ2n) is 1.65. The molecular weight excluding hydrogens is 194 g/mol. The second kappa shape index (κ2) is 3.45. The molecule has 0 spiro atoms. The monoisotopic (exact) mass is 199 g/mol. The lowest BCUT2D eigenvalue weighted by Gasteiger charge is -1.71. The molecule has 0 saturated carbocycles. The van der Waals surface area contributed by atoms with Gasteiger partial charge in [-0.1, -0.05) is 11.8 Å². The highest BCUT2D eigenvalue weighted by Gasteiger charge is 1.91. The zero-order valence-corrected chi connectivity index (χ0v) is 6.81. The van der Waals surface area contributed by atoms with Crippen LogP contribution in [0.4, 0.5) is 0 Å². The van der Waals surface area contributed by atoms with Crippen LogP contribution in [0, 0.1) is 11.8 Å². The number of halogens is 1. The highest BCUT2D eigenvalue weighted by Crippen LogP contribution is 2.12. The van der Waals surface area contributed by atoms with E-state index in [1.54, 1.807) is 12.3 Å². The van der Waals surface area contributed by atoms with Crippen LogP contribution in [-0.4, -0.2) is 6.54 Å². The van der Waals surface area contributed by atoms with E-state index in [2.05, 4.69) is 27.8 Å². The van der Waals surface area contributed by atoms with Crippen molar-refractivity contribution < 1.29 is 4.42 Å². The summed E-state index contributed by atoms with van der Waals surface area (Å²) in [4.78, 5) is 0. The van der Waals surface area contributed by atoms with Crippen LogP contribution in [-0.2, 0) is 0 Å². The van der Waals surface area contributed by atoms with Crippen LogP contribution < -0.4 is 5.73 Å². The van der Waals surface area contributed by atoms with Crippen molar-refractivity contribution in [2.75, 3.05) is 6.54 Å². The van der Waals surface area contributed by atoms with Gasteiger partial charge in [0.05, 0.1) is 12.1 Å². The summed E-state index contributed by atoms with van der Waals surface area (Å²) >= 11 is 3.16. The van der Waals surface area contributed by atoms with E-state index in [-0.39, 0.29) is 0 Å². The molecule has 0 bridgehead atoms. The van der Waals surface area contributed by atoms with E-state index in [1.807, 2.05) is 0 Å². The van der Waals surface area contributed by atoms with Crippen molar-refractivity contribution in [3.05, 3.63) is 22.6 Å². The van der Waals surface area contributed by atoms with Gasteiger partial charge in [-0.2, -0.15) is 0 Å². The van der Waals surface area contributed by atoms with Gasteiger partial charge in [0.2, 0.25) is 0 Å². The molecule has 1 aromatic rings. The topological polar surface area (TPSA) is 39.2 Å². The van der Waals surface area contributed by atoms with Crippen molar-refractivity contribution >= 4 is 15.9 Å². The standard InChI is InChI=1S/C7H6BrNO/c8-7-4-6(5-10-7)2-1-3-9/h4-5H,3,9H2. The molecule has 0 aromatic carbocycles. The molecule has 0 aliphatic rings. The van der Waals surface area contributed by atoms with E-state index in [0.717, 1.165) is 5.56 Å². The predicted octanol–water partition coefficient (Wildman–Crippen LogP) is 1.35. The lowest BCUT2D eigenvalue weighted by Crippen LogP contribution is -1.92. The molecule has 0 atom stereocenters. The Bertz CT molecular complexity index is 269. The summed E-state index contributed by atoms with van der Waals surface area (Å²) in [5.74, 6) is 5.54. The third kappa shape index (κ3) is 1.90. The van der Waals surface area contributed by atoms with Gasteiger partial charge in [0, 0.05) is 6.07 Å². The molecule has 3 heteroatoms. The summed E-state index contributed by atoms with van der Waals surface area (Å²) < 4.78 is 5.62. The van der Waals surface area contributed by atoms with Gasteiger partial charge in [-0.15, -0.1) is 0 Å². The fraction of sp³-hybridized carbons (Fsp3) is 0.143. The summed E-state index contributed by atoms with van der Waals surface area (Å²) in [6.07, 6.45) is 1.58. The molecular formula is C7H6BrNO. The Morgan fingerprint density at radius 3 is 3.00 bits per heavy atom. The third-order valence-electron chi connectivity index (χ3n) is 0.902. The molecule has 52 valence electrons. The zero-order valence-electron chi connectivity index (χ0n) is 5.23. The molecule has 10 heavy (non-hydrogen) atoms. The Hall–Kier alpha value is -0.720. The molecule has 0 radical (unpaired) electrons. The predicted molar refractivity (Wildman–Crippen MR) is 42.3 cm³/mol. The Balaban J connectivity index is 2.76. The number of hydrogen-bond donors (Lipinski definition) is 1. The van der Waals surface area contributed by atoms with E-state index in [4.69, 9.17) is 10.2 Å². The van der Waals surface area contributed by atoms with E-state index >= 15 is 0 Å². The molecule has 0 saturated heterocycles. The minimum Gasteiger partial charge on any atom is -0.456 e. The van der Waals surface area contributed by atoms with Gasteiger partial charge in [-0.25, -0.2) is 0 Å². The molecule has 2 nitrogen and oxygen atoms in total. The van der Waals surface area contributed by atoms with Crippen LogP contribution in [0.15, 0.2) is 21.4 Å². The van der Waals surface area contributed by atoms with Crippen molar-refractivity contribution in [2.45, 2.75) is 0 Å². The van der Waals surface area contributed by atoms with Crippen molar-refractivity contribution in [2.24, 2.45) is 5.73 Å². The largest absolute Gasteiger partial charge is 0.456 e. The summed E-state index contributed by atoms with van der Waals surface area (Å²) in [7, 11) is 0. The second-order valence-corrected chi connectivity index (χ2v) is 2.43. The summed E-state index contributed by atoms with van der Waals surface area (Å²) in [5.41, 5.74) is 6.01. The normalized spacial score (nSPS) is 8.60. The maximum atomic E-state index is 5.17. The van der Waals surface area contributed by atoms with Crippen molar-refractivity contribution in [1.82, 2.24) is 0 Å². The highest BCUT2D eigenvalue weighted by molar-refractivity contribution is 9.10. The fourth-order valence-electron chi connectivity index (χ4n) is 0.529. The molecule has 1 rings (SSSR count). The molecule has 0 amide bonds. The van der Waals surface area contributed by atoms with Gasteiger partial charge < -0.3 is 10.2 Å². The van der Waals surface area contributed by atoms with E-state index in [1.165, 1.54) is 0 Å². The first-order valence-corrected chi connectivity index (χ1v) is 3.55. The Morgan fingerprint density at radius 2 is 2.50 bits per heavy atom. The van der Waals surface area contributed by atoms with Crippen LogP contribution in [0.3, 0.4) is 0 Å². The van der Waals surface area contributed by atoms with Gasteiger partial charge in [-0.05, 0) is 15.9 Å². The minimum absolute atomic E-state index is 0.378. The third-order valence-corrected chi connectivity index (χ3v) is 1.32. The van der Waals surface area contributed by atoms with Crippen LogP contribution in [0.5, 0.6) is 0 Å². The molecule has 2 N–H and O–H groups in total. The highest BCUT2D eigenvalue weighted by atomic mass is 79.9. The lowest BCUT2D eigenvalue weighted by molar-refractivity contribution is 0.540. The number of hydrogen-bond acceptors (Lipinski definition) is 2. The molecule has 1 aromatic heterocycles. The van der Waals surface area contributed by atoms with Crippen molar-refractivity contribution in [1.29, 1.82) is 0 Å². The Morgan fingerprint density at radius 1 is 1.70 bits per heavy atom. The van der Waals surface area contributed by atoms with E-state index in [9.17, 15) is 0 Å². The van der Waals surface area contributed by atoms with Crippen LogP contribution in [0.25, 0.3) is 0 Å². The average molecular weight is 200 g/mol. The maximum Gasteiger partial charge on any atom is 0.170 e. The number of nitrogens with two attached hydrogens (primary N) is 1. The summed E-state index contributed by atoms with van der Waals surface area (Å²) in [5, 5.41) is 0. The molecule has 0 aliphatic carbocycles. The molecule has 0 unspecified atom stereocenters. The quantitative estimate of drug-likeness (QED) is 0.642. The van der Waals surface area contributed by atoms with Crippen molar-refractivity contribution in [3.63, 3.8) is 0 Å². The van der Waals surface area contributed by atoms with Gasteiger partial charge in [-0.3, -0.25) is 0 Å². The van der Waals surface area contributed by atoms with Crippen LogP contribution in [0.1, 0.15) is 5.56 Å². The lowest BCUT2D eigenvalue weighted by atomic mass is 10.3. The molecule has 0 aliphatic heterocycles. The zero-order chi connectivity index (χ0) is 7.40. The van der Waals surface area contributed by atoms with Gasteiger partial charge in [0.1, 0.15) is 6.26 Å². The summed E-state index contributed by atoms with van der Waals surface area (Å²) in [6, 6.07) is 1.79. The first-order chi connectivity index (χ1) is 4.83. The fourth-order valence-corrected chi connectivity index (χ4v) is 0.869. The Labute approximate surface area is 67.5 Å². The minimum atomic E-state index is 0.378. The average Bonchev–Trinajstić information content (AvgIpc) is 2.31. The SMILES string of the molecule is NCC#Cc1coc(Br)c1. The number of furan rings is 1. The van der Waals surface area contributed by atoms with Gasteiger partial charge in [0.15, 0.2) is 4.67 Å². The summed E-state index contributed by atoms with van der Waals surface area (Å²) in [6.45, 7) is 0.378. The van der Waals surface area contributed by atoms with Crippen molar-refractivity contribution in [3.8, 4) is 11.8 Å². The maximum absolute atomic E-state index is 5.17. The van der Waals surface area contributed by atoms with Gasteiger partial charge >= 0.3 is 0 Å². The first-order valence-electron chi connectivity index (χ1n) is 2.76. The van der Waals surface area contributed by atoms with Crippen LogP contribution in [0.2, 0.25) is 0 Å². The van der Waals surface area contributed by atoms with E-state index < -0.39 is 0 Å². The van der Waals surface area contributed by atoms with Crippen LogP contribution >= 0.6 is 15.9 Å². The first kappa shape index (κ1) is 7.39. The van der Waals surface area contributed by atoms with E-state index in [0.29, 0.717) is 11.2 Å². The molecule has 1 heterocycles.